The van der Waals surface area contributed by atoms with Gasteiger partial charge in [0, 0.05) is 0 Å². The van der Waals surface area contributed by atoms with E-state index in [4.69, 9.17) is 10.3 Å². The smallest absolute Gasteiger partial charge is 0.339 e. The highest BCUT2D eigenvalue weighted by atomic mass is 16.5. The molecule has 5 nitrogen and oxygen atoms in total. The Bertz CT molecular complexity index is 266. The largest absolute Gasteiger partial charge is 0.478 e. The van der Waals surface area contributed by atoms with Crippen molar-refractivity contribution < 1.29 is 15.1 Å². The Balaban J connectivity index is 3.17. The molecule has 0 fully saturated rings. The first-order valence-electron chi connectivity index (χ1n) is 2.60. The average Bonchev–Trinajstić information content (AvgIpc) is 2.14. The molecule has 1 heterocycles. The Hall–Kier alpha value is -1.52. The molecule has 0 aliphatic rings. The van der Waals surface area contributed by atoms with Crippen molar-refractivity contribution in [3.05, 3.63) is 17.5 Å². The molecule has 10 heavy (non-hydrogen) atoms. The fraction of sp³-hybridized carbons (Fsp3) is 0.200. The number of hydrogen-bond acceptors (Lipinski definition) is 3. The van der Waals surface area contributed by atoms with Gasteiger partial charge >= 0.3 is 5.97 Å². The van der Waals surface area contributed by atoms with Crippen LogP contribution in [0.5, 0.6) is 0 Å². The van der Waals surface area contributed by atoms with Crippen molar-refractivity contribution in [3.63, 3.8) is 0 Å². The minimum absolute atomic E-state index is 0.0162. The predicted octanol–water partition coefficient (Wildman–Crippen LogP) is 0.127. The number of hydrogen-bond donors (Lipinski definition) is 2. The quantitative estimate of drug-likeness (QED) is 0.546. The van der Waals surface area contributed by atoms with Crippen LogP contribution >= 0.6 is 0 Å². The minimum atomic E-state index is -1.09. The first-order chi connectivity index (χ1) is 4.63. The highest BCUT2D eigenvalue weighted by Crippen LogP contribution is 2.03. The number of aromatic carboxylic acids is 1. The number of rotatable bonds is 1. The molecule has 5 heteroatoms. The SMILES string of the molecule is Cc1c(C(=O)O)cnn1O. The second kappa shape index (κ2) is 2.02. The lowest BCUT2D eigenvalue weighted by Crippen LogP contribution is -2.00. The van der Waals surface area contributed by atoms with Crippen molar-refractivity contribution >= 4 is 5.97 Å². The second-order valence-corrected chi connectivity index (χ2v) is 1.84. The van der Waals surface area contributed by atoms with Gasteiger partial charge in [-0.05, 0) is 6.92 Å². The summed E-state index contributed by atoms with van der Waals surface area (Å²) in [5.41, 5.74) is 0.245. The van der Waals surface area contributed by atoms with Crippen molar-refractivity contribution in [3.8, 4) is 0 Å². The minimum Gasteiger partial charge on any atom is -0.478 e. The standard InChI is InChI=1S/C5H6N2O3/c1-3-4(5(8)9)2-6-7(3)10/h2,10H,1H3,(H,8,9). The first kappa shape index (κ1) is 6.60. The van der Waals surface area contributed by atoms with Crippen LogP contribution in [-0.4, -0.2) is 26.2 Å². The molecule has 0 atom stereocenters. The lowest BCUT2D eigenvalue weighted by molar-refractivity contribution is 0.0692. The molecule has 0 aliphatic heterocycles. The molecule has 1 aromatic heterocycles. The lowest BCUT2D eigenvalue weighted by atomic mass is 10.3. The van der Waals surface area contributed by atoms with Gasteiger partial charge in [0.1, 0.15) is 5.56 Å². The average molecular weight is 142 g/mol. The third kappa shape index (κ3) is 0.812. The van der Waals surface area contributed by atoms with E-state index in [-0.39, 0.29) is 11.3 Å². The Labute approximate surface area is 56.5 Å². The molecule has 0 saturated carbocycles. The van der Waals surface area contributed by atoms with Gasteiger partial charge in [-0.3, -0.25) is 0 Å². The zero-order valence-corrected chi connectivity index (χ0v) is 5.27. The Kier molecular flexibility index (Phi) is 1.33. The van der Waals surface area contributed by atoms with E-state index in [1.54, 1.807) is 0 Å². The molecule has 0 spiro atoms. The normalized spacial score (nSPS) is 9.70. The number of carboxylic acids is 1. The van der Waals surface area contributed by atoms with Crippen LogP contribution in [0, 0.1) is 6.92 Å². The molecular formula is C5H6N2O3. The van der Waals surface area contributed by atoms with Crippen molar-refractivity contribution in [2.75, 3.05) is 0 Å². The van der Waals surface area contributed by atoms with Gasteiger partial charge in [0.05, 0.1) is 11.9 Å². The van der Waals surface area contributed by atoms with Crippen LogP contribution in [0.1, 0.15) is 16.1 Å². The molecule has 1 aromatic rings. The van der Waals surface area contributed by atoms with Gasteiger partial charge in [-0.1, -0.05) is 0 Å². The maximum Gasteiger partial charge on any atom is 0.339 e. The molecule has 0 amide bonds. The number of nitrogens with zero attached hydrogens (tertiary/aromatic N) is 2. The third-order valence-corrected chi connectivity index (χ3v) is 1.22. The molecule has 0 aromatic carbocycles. The fourth-order valence-electron chi connectivity index (χ4n) is 0.610. The summed E-state index contributed by atoms with van der Waals surface area (Å²) in [7, 11) is 0. The fourth-order valence-corrected chi connectivity index (χ4v) is 0.610. The van der Waals surface area contributed by atoms with Crippen LogP contribution in [0.2, 0.25) is 0 Å². The zero-order chi connectivity index (χ0) is 7.72. The number of carbonyl (C=O) groups is 1. The molecular weight excluding hydrogens is 136 g/mol. The van der Waals surface area contributed by atoms with Gasteiger partial charge in [0.25, 0.3) is 0 Å². The van der Waals surface area contributed by atoms with E-state index in [2.05, 4.69) is 5.10 Å². The Morgan fingerprint density at radius 1 is 1.80 bits per heavy atom. The second-order valence-electron chi connectivity index (χ2n) is 1.84. The van der Waals surface area contributed by atoms with Crippen molar-refractivity contribution in [1.29, 1.82) is 0 Å². The molecule has 2 N–H and O–H groups in total. The summed E-state index contributed by atoms with van der Waals surface area (Å²) in [4.78, 5) is 10.8. The number of carboxylic acid groups (broad SMARTS) is 1. The van der Waals surface area contributed by atoms with Crippen LogP contribution in [-0.2, 0) is 0 Å². The summed E-state index contributed by atoms with van der Waals surface area (Å²) in [5, 5.41) is 20.5. The number of aromatic nitrogens is 2. The van der Waals surface area contributed by atoms with Crippen LogP contribution in [0.15, 0.2) is 6.20 Å². The van der Waals surface area contributed by atoms with Gasteiger partial charge in [-0.15, -0.1) is 9.94 Å². The monoisotopic (exact) mass is 142 g/mol. The van der Waals surface area contributed by atoms with Crippen LogP contribution < -0.4 is 0 Å². The molecule has 0 unspecified atom stereocenters. The lowest BCUT2D eigenvalue weighted by Gasteiger charge is -1.90. The highest BCUT2D eigenvalue weighted by molar-refractivity contribution is 5.88. The van der Waals surface area contributed by atoms with Crippen LogP contribution in [0.25, 0.3) is 0 Å². The Morgan fingerprint density at radius 3 is 2.60 bits per heavy atom. The van der Waals surface area contributed by atoms with E-state index in [1.165, 1.54) is 6.92 Å². The first-order valence-corrected chi connectivity index (χ1v) is 2.60. The summed E-state index contributed by atoms with van der Waals surface area (Å²) in [6, 6.07) is 0. The van der Waals surface area contributed by atoms with Crippen molar-refractivity contribution in [2.45, 2.75) is 6.92 Å². The predicted molar refractivity (Wildman–Crippen MR) is 31.1 cm³/mol. The van der Waals surface area contributed by atoms with Gasteiger partial charge in [0.15, 0.2) is 0 Å². The van der Waals surface area contributed by atoms with E-state index in [0.29, 0.717) is 4.85 Å². The van der Waals surface area contributed by atoms with E-state index in [0.717, 1.165) is 6.20 Å². The van der Waals surface area contributed by atoms with Gasteiger partial charge in [-0.25, -0.2) is 4.79 Å². The van der Waals surface area contributed by atoms with Gasteiger partial charge in [0.2, 0.25) is 0 Å². The molecule has 0 bridgehead atoms. The summed E-state index contributed by atoms with van der Waals surface area (Å²) in [6.07, 6.45) is 1.09. The maximum absolute atomic E-state index is 10.3. The molecule has 1 rings (SSSR count). The van der Waals surface area contributed by atoms with E-state index in [9.17, 15) is 4.79 Å². The summed E-state index contributed by atoms with van der Waals surface area (Å²) < 4.78 is 0. The van der Waals surface area contributed by atoms with Crippen LogP contribution in [0.4, 0.5) is 0 Å². The van der Waals surface area contributed by atoms with E-state index in [1.807, 2.05) is 0 Å². The van der Waals surface area contributed by atoms with Crippen molar-refractivity contribution in [2.24, 2.45) is 0 Å². The van der Waals surface area contributed by atoms with Gasteiger partial charge < -0.3 is 10.3 Å². The zero-order valence-electron chi connectivity index (χ0n) is 5.27. The molecule has 0 radical (unpaired) electrons. The third-order valence-electron chi connectivity index (χ3n) is 1.22. The molecule has 0 aliphatic carbocycles. The maximum atomic E-state index is 10.3. The summed E-state index contributed by atoms with van der Waals surface area (Å²) in [5.74, 6) is -1.09. The van der Waals surface area contributed by atoms with Crippen molar-refractivity contribution in [1.82, 2.24) is 9.94 Å². The summed E-state index contributed by atoms with van der Waals surface area (Å²) in [6.45, 7) is 1.47. The topological polar surface area (TPSA) is 75.3 Å². The molecule has 54 valence electrons. The Morgan fingerprint density at radius 2 is 2.40 bits per heavy atom. The van der Waals surface area contributed by atoms with Gasteiger partial charge in [-0.2, -0.15) is 0 Å². The van der Waals surface area contributed by atoms with E-state index >= 15 is 0 Å². The summed E-state index contributed by atoms with van der Waals surface area (Å²) >= 11 is 0. The molecule has 0 saturated heterocycles. The van der Waals surface area contributed by atoms with Crippen LogP contribution in [0.3, 0.4) is 0 Å². The van der Waals surface area contributed by atoms with E-state index < -0.39 is 5.97 Å². The highest BCUT2D eigenvalue weighted by Gasteiger charge is 2.11.